The number of piperidine rings is 1. The molecule has 1 aromatic carbocycles. The molecule has 0 radical (unpaired) electrons. The highest BCUT2D eigenvalue weighted by molar-refractivity contribution is 6.00. The summed E-state index contributed by atoms with van der Waals surface area (Å²) in [5.41, 5.74) is 7.54. The van der Waals surface area contributed by atoms with Crippen LogP contribution in [-0.4, -0.2) is 26.0 Å². The van der Waals surface area contributed by atoms with E-state index in [2.05, 4.69) is 11.8 Å². The van der Waals surface area contributed by atoms with Gasteiger partial charge in [0.1, 0.15) is 11.6 Å². The molecule has 1 saturated heterocycles. The molecule has 110 valence electrons. The average molecular weight is 275 g/mol. The molecule has 1 heterocycles. The predicted octanol–water partition coefficient (Wildman–Crippen LogP) is 3.00. The number of amidine groups is 1. The number of methoxy groups -OCH3 is 1. The third-order valence-electron chi connectivity index (χ3n) is 4.15. The normalized spacial score (nSPS) is 16.2. The Bertz CT molecular complexity index is 465. The molecule has 0 atom stereocenters. The van der Waals surface area contributed by atoms with Crippen LogP contribution < -0.4 is 15.4 Å². The zero-order valence-corrected chi connectivity index (χ0v) is 12.5. The lowest BCUT2D eigenvalue weighted by Gasteiger charge is -2.34. The maximum Gasteiger partial charge on any atom is 0.124 e. The minimum atomic E-state index is 0.123. The van der Waals surface area contributed by atoms with E-state index < -0.39 is 0 Å². The standard InChI is InChI=1S/C16H25N3O/c1-3-4-12-7-9-19(10-8-12)15-11-13(20-2)5-6-14(15)16(17)18/h5-6,11-12H,3-4,7-10H2,1-2H3,(H3,17,18). The highest BCUT2D eigenvalue weighted by Gasteiger charge is 2.21. The molecular weight excluding hydrogens is 250 g/mol. The molecule has 0 aromatic heterocycles. The molecule has 0 aliphatic carbocycles. The van der Waals surface area contributed by atoms with Crippen LogP contribution in [0.15, 0.2) is 18.2 Å². The van der Waals surface area contributed by atoms with Crippen molar-refractivity contribution in [1.82, 2.24) is 0 Å². The number of ether oxygens (including phenoxy) is 1. The second-order valence-electron chi connectivity index (χ2n) is 5.52. The topological polar surface area (TPSA) is 62.3 Å². The van der Waals surface area contributed by atoms with Crippen LogP contribution in [-0.2, 0) is 0 Å². The molecule has 3 N–H and O–H groups in total. The van der Waals surface area contributed by atoms with E-state index in [1.54, 1.807) is 7.11 Å². The van der Waals surface area contributed by atoms with E-state index in [9.17, 15) is 0 Å². The summed E-state index contributed by atoms with van der Waals surface area (Å²) >= 11 is 0. The molecule has 0 saturated carbocycles. The summed E-state index contributed by atoms with van der Waals surface area (Å²) in [6.45, 7) is 4.33. The van der Waals surface area contributed by atoms with Gasteiger partial charge in [0.15, 0.2) is 0 Å². The summed E-state index contributed by atoms with van der Waals surface area (Å²) in [4.78, 5) is 2.34. The zero-order chi connectivity index (χ0) is 14.5. The molecule has 4 nitrogen and oxygen atoms in total. The summed E-state index contributed by atoms with van der Waals surface area (Å²) in [7, 11) is 1.67. The first kappa shape index (κ1) is 14.7. The fraction of sp³-hybridized carbons (Fsp3) is 0.562. The molecule has 0 amide bonds. The number of nitrogens with two attached hydrogens (primary N) is 1. The van der Waals surface area contributed by atoms with Crippen LogP contribution >= 0.6 is 0 Å². The Morgan fingerprint density at radius 1 is 1.40 bits per heavy atom. The van der Waals surface area contributed by atoms with Crippen LogP contribution in [0.3, 0.4) is 0 Å². The van der Waals surface area contributed by atoms with Crippen LogP contribution in [0.1, 0.15) is 38.2 Å². The quantitative estimate of drug-likeness (QED) is 0.641. The van der Waals surface area contributed by atoms with E-state index in [0.29, 0.717) is 0 Å². The van der Waals surface area contributed by atoms with E-state index in [1.165, 1.54) is 25.7 Å². The van der Waals surface area contributed by atoms with E-state index >= 15 is 0 Å². The number of nitrogen functional groups attached to an aromatic ring is 1. The van der Waals surface area contributed by atoms with Gasteiger partial charge < -0.3 is 15.4 Å². The van der Waals surface area contributed by atoms with Crippen molar-refractivity contribution in [2.45, 2.75) is 32.6 Å². The molecule has 1 aromatic rings. The monoisotopic (exact) mass is 275 g/mol. The summed E-state index contributed by atoms with van der Waals surface area (Å²) in [5, 5.41) is 7.74. The fourth-order valence-electron chi connectivity index (χ4n) is 3.00. The van der Waals surface area contributed by atoms with Gasteiger partial charge in [0.05, 0.1) is 12.8 Å². The lowest BCUT2D eigenvalue weighted by atomic mass is 9.92. The Morgan fingerprint density at radius 2 is 2.10 bits per heavy atom. The molecule has 4 heteroatoms. The van der Waals surface area contributed by atoms with E-state index in [1.807, 2.05) is 18.2 Å². The van der Waals surface area contributed by atoms with Crippen LogP contribution in [0.2, 0.25) is 0 Å². The minimum absolute atomic E-state index is 0.123. The molecule has 20 heavy (non-hydrogen) atoms. The van der Waals surface area contributed by atoms with Crippen molar-refractivity contribution in [3.05, 3.63) is 23.8 Å². The molecule has 0 bridgehead atoms. The van der Waals surface area contributed by atoms with Gasteiger partial charge in [-0.05, 0) is 30.9 Å². The Kier molecular flexibility index (Phi) is 4.88. The van der Waals surface area contributed by atoms with Crippen LogP contribution in [0.5, 0.6) is 5.75 Å². The lowest BCUT2D eigenvalue weighted by Crippen LogP contribution is -2.35. The van der Waals surface area contributed by atoms with Crippen molar-refractivity contribution in [2.75, 3.05) is 25.1 Å². The first-order valence-corrected chi connectivity index (χ1v) is 7.43. The number of benzene rings is 1. The molecule has 1 aliphatic rings. The molecule has 1 aliphatic heterocycles. The van der Waals surface area contributed by atoms with Crippen LogP contribution in [0.25, 0.3) is 0 Å². The van der Waals surface area contributed by atoms with Crippen molar-refractivity contribution >= 4 is 11.5 Å². The summed E-state index contributed by atoms with van der Waals surface area (Å²) < 4.78 is 5.30. The number of rotatable bonds is 5. The Balaban J connectivity index is 2.17. The Hall–Kier alpha value is -1.71. The summed E-state index contributed by atoms with van der Waals surface area (Å²) in [6.07, 6.45) is 5.04. The molecular formula is C16H25N3O. The molecule has 1 fully saturated rings. The van der Waals surface area contributed by atoms with Gasteiger partial charge in [-0.2, -0.15) is 0 Å². The Labute approximate surface area is 121 Å². The van der Waals surface area contributed by atoms with E-state index in [-0.39, 0.29) is 5.84 Å². The second-order valence-corrected chi connectivity index (χ2v) is 5.52. The smallest absolute Gasteiger partial charge is 0.124 e. The first-order valence-electron chi connectivity index (χ1n) is 7.43. The highest BCUT2D eigenvalue weighted by atomic mass is 16.5. The maximum atomic E-state index is 7.74. The van der Waals surface area contributed by atoms with Gasteiger partial charge in [0.25, 0.3) is 0 Å². The number of nitrogens with zero attached hydrogens (tertiary/aromatic N) is 1. The van der Waals surface area contributed by atoms with Crippen molar-refractivity contribution < 1.29 is 4.74 Å². The second kappa shape index (κ2) is 6.64. The highest BCUT2D eigenvalue weighted by Crippen LogP contribution is 2.30. The van der Waals surface area contributed by atoms with Crippen molar-refractivity contribution in [1.29, 1.82) is 5.41 Å². The number of hydrogen-bond donors (Lipinski definition) is 2. The first-order chi connectivity index (χ1) is 9.65. The lowest BCUT2D eigenvalue weighted by molar-refractivity contribution is 0.377. The van der Waals surface area contributed by atoms with Gasteiger partial charge in [-0.15, -0.1) is 0 Å². The molecule has 0 unspecified atom stereocenters. The third-order valence-corrected chi connectivity index (χ3v) is 4.15. The predicted molar refractivity (Wildman–Crippen MR) is 83.9 cm³/mol. The van der Waals surface area contributed by atoms with Gasteiger partial charge in [-0.3, -0.25) is 5.41 Å². The van der Waals surface area contributed by atoms with Gasteiger partial charge in [-0.1, -0.05) is 19.8 Å². The van der Waals surface area contributed by atoms with Crippen LogP contribution in [0.4, 0.5) is 5.69 Å². The SMILES string of the molecule is CCCC1CCN(c2cc(OC)ccc2C(=N)N)CC1. The van der Waals surface area contributed by atoms with Gasteiger partial charge in [0, 0.05) is 24.7 Å². The largest absolute Gasteiger partial charge is 0.497 e. The van der Waals surface area contributed by atoms with E-state index in [4.69, 9.17) is 15.9 Å². The van der Waals surface area contributed by atoms with Crippen molar-refractivity contribution in [2.24, 2.45) is 11.7 Å². The molecule has 2 rings (SSSR count). The van der Waals surface area contributed by atoms with Gasteiger partial charge in [0.2, 0.25) is 0 Å². The summed E-state index contributed by atoms with van der Waals surface area (Å²) in [6, 6.07) is 5.75. The number of nitrogens with one attached hydrogen (secondary N) is 1. The van der Waals surface area contributed by atoms with Gasteiger partial charge >= 0.3 is 0 Å². The maximum absolute atomic E-state index is 7.74. The summed E-state index contributed by atoms with van der Waals surface area (Å²) in [5.74, 6) is 1.79. The number of hydrogen-bond acceptors (Lipinski definition) is 3. The average Bonchev–Trinajstić information content (AvgIpc) is 2.47. The fourth-order valence-corrected chi connectivity index (χ4v) is 3.00. The van der Waals surface area contributed by atoms with Crippen LogP contribution in [0, 0.1) is 11.3 Å². The minimum Gasteiger partial charge on any atom is -0.497 e. The zero-order valence-electron chi connectivity index (χ0n) is 12.5. The third kappa shape index (κ3) is 3.24. The van der Waals surface area contributed by atoms with Gasteiger partial charge in [-0.25, -0.2) is 0 Å². The van der Waals surface area contributed by atoms with E-state index in [0.717, 1.165) is 36.0 Å². The molecule has 0 spiro atoms. The van der Waals surface area contributed by atoms with Crippen molar-refractivity contribution in [3.8, 4) is 5.75 Å². The van der Waals surface area contributed by atoms with Crippen molar-refractivity contribution in [3.63, 3.8) is 0 Å². The number of anilines is 1. The Morgan fingerprint density at radius 3 is 2.65 bits per heavy atom.